The minimum absolute atomic E-state index is 0.0766. The second-order valence-electron chi connectivity index (χ2n) is 5.32. The molecule has 0 aliphatic carbocycles. The number of carboxylic acids is 4. The zero-order valence-electron chi connectivity index (χ0n) is 14.5. The van der Waals surface area contributed by atoms with Crippen LogP contribution in [0.2, 0.25) is 0 Å². The number of methoxy groups -OCH3 is 1. The highest BCUT2D eigenvalue weighted by Crippen LogP contribution is 2.42. The molecular formula is C16H18O10S2. The Hall–Kier alpha value is -2.73. The molecule has 3 atom stereocenters. The van der Waals surface area contributed by atoms with Gasteiger partial charge in [0.15, 0.2) is 11.5 Å². The summed E-state index contributed by atoms with van der Waals surface area (Å²) in [5.74, 6) is -5.80. The zero-order chi connectivity index (χ0) is 21.4. The van der Waals surface area contributed by atoms with Crippen molar-refractivity contribution in [2.75, 3.05) is 7.11 Å². The number of phenolic OH excluding ortho intramolecular Hbond substituents is 1. The third-order valence-corrected chi connectivity index (χ3v) is 7.84. The molecule has 0 radical (unpaired) electrons. The quantitative estimate of drug-likeness (QED) is 0.250. The van der Waals surface area contributed by atoms with Gasteiger partial charge in [0.25, 0.3) is 0 Å². The van der Waals surface area contributed by atoms with E-state index >= 15 is 0 Å². The average Bonchev–Trinajstić information content (AvgIpc) is 2.59. The van der Waals surface area contributed by atoms with E-state index in [-0.39, 0.29) is 11.5 Å². The van der Waals surface area contributed by atoms with Gasteiger partial charge in [-0.25, -0.2) is 0 Å². The van der Waals surface area contributed by atoms with Crippen LogP contribution in [0.25, 0.3) is 0 Å². The molecule has 1 rings (SSSR count). The predicted molar refractivity (Wildman–Crippen MR) is 102 cm³/mol. The fourth-order valence-electron chi connectivity index (χ4n) is 1.96. The Morgan fingerprint density at radius 1 is 1.07 bits per heavy atom. The Labute approximate surface area is 165 Å². The lowest BCUT2D eigenvalue weighted by molar-refractivity contribution is -0.143. The van der Waals surface area contributed by atoms with Gasteiger partial charge < -0.3 is 30.3 Å². The lowest BCUT2D eigenvalue weighted by Gasteiger charge is -2.19. The number of aromatic hydroxyl groups is 1. The van der Waals surface area contributed by atoms with Gasteiger partial charge in [-0.3, -0.25) is 19.2 Å². The second-order valence-corrected chi connectivity index (χ2v) is 9.28. The standard InChI is InChI=1S/C16H18O10S2/c1-26-10-4-8(2-3-9(10)17)7-28(12(16(24)25)6-14(20)21)27-11(15(22)23)5-13(18)19/h2-4,7,11-12,17H,5-6H2,1H3,(H,18,19)(H,20,21)(H,22,23)(H,24,25). The van der Waals surface area contributed by atoms with Crippen molar-refractivity contribution in [3.05, 3.63) is 23.8 Å². The van der Waals surface area contributed by atoms with E-state index in [9.17, 15) is 34.5 Å². The summed E-state index contributed by atoms with van der Waals surface area (Å²) in [5, 5.41) is 44.6. The van der Waals surface area contributed by atoms with Crippen molar-refractivity contribution >= 4 is 49.6 Å². The number of phenols is 1. The third kappa shape index (κ3) is 7.12. The molecule has 0 fully saturated rings. The molecule has 0 spiro atoms. The van der Waals surface area contributed by atoms with Crippen LogP contribution in [0.15, 0.2) is 18.2 Å². The molecular weight excluding hydrogens is 416 g/mol. The molecule has 0 saturated heterocycles. The van der Waals surface area contributed by atoms with Gasteiger partial charge in [-0.15, -0.1) is 9.52 Å². The van der Waals surface area contributed by atoms with Gasteiger partial charge in [0.1, 0.15) is 10.5 Å². The Morgan fingerprint density at radius 3 is 2.14 bits per heavy atom. The van der Waals surface area contributed by atoms with Crippen molar-refractivity contribution in [3.8, 4) is 11.5 Å². The van der Waals surface area contributed by atoms with Crippen LogP contribution in [-0.4, -0.2) is 72.4 Å². The van der Waals surface area contributed by atoms with Crippen LogP contribution in [-0.2, 0) is 19.2 Å². The molecule has 0 bridgehead atoms. The number of benzene rings is 1. The highest BCUT2D eigenvalue weighted by Gasteiger charge is 2.31. The van der Waals surface area contributed by atoms with Gasteiger partial charge in [0, 0.05) is 0 Å². The van der Waals surface area contributed by atoms with Crippen LogP contribution in [0.5, 0.6) is 11.5 Å². The Kier molecular flexibility index (Phi) is 8.79. The van der Waals surface area contributed by atoms with Gasteiger partial charge in [0.05, 0.1) is 20.0 Å². The lowest BCUT2D eigenvalue weighted by Crippen LogP contribution is -2.25. The molecule has 3 unspecified atom stereocenters. The largest absolute Gasteiger partial charge is 0.504 e. The predicted octanol–water partition coefficient (Wildman–Crippen LogP) is 1.32. The van der Waals surface area contributed by atoms with Crippen LogP contribution in [0, 0.1) is 0 Å². The molecule has 0 aliphatic rings. The maximum Gasteiger partial charge on any atom is 0.318 e. The Balaban J connectivity index is 3.44. The van der Waals surface area contributed by atoms with Crippen molar-refractivity contribution in [2.24, 2.45) is 0 Å². The number of rotatable bonds is 11. The monoisotopic (exact) mass is 434 g/mol. The summed E-state index contributed by atoms with van der Waals surface area (Å²) in [5.41, 5.74) is 0.349. The highest BCUT2D eigenvalue weighted by molar-refractivity contribution is 8.84. The zero-order valence-corrected chi connectivity index (χ0v) is 16.1. The third-order valence-electron chi connectivity index (χ3n) is 3.23. The smallest absolute Gasteiger partial charge is 0.318 e. The van der Waals surface area contributed by atoms with Crippen LogP contribution in [0.3, 0.4) is 0 Å². The second kappa shape index (κ2) is 10.6. The molecule has 10 nitrogen and oxygen atoms in total. The fraction of sp³-hybridized carbons (Fsp3) is 0.312. The molecule has 5 N–H and O–H groups in total. The number of hydrogen-bond donors (Lipinski definition) is 5. The number of hydrogen-bond acceptors (Lipinski definition) is 7. The molecule has 0 heterocycles. The van der Waals surface area contributed by atoms with Crippen LogP contribution >= 0.6 is 20.3 Å². The van der Waals surface area contributed by atoms with Gasteiger partial charge in [0.2, 0.25) is 0 Å². The van der Waals surface area contributed by atoms with Gasteiger partial charge in [-0.2, -0.15) is 0 Å². The van der Waals surface area contributed by atoms with E-state index in [4.69, 9.17) is 14.9 Å². The van der Waals surface area contributed by atoms with Crippen molar-refractivity contribution in [1.82, 2.24) is 0 Å². The first-order valence-corrected chi connectivity index (χ1v) is 10.3. The van der Waals surface area contributed by atoms with Crippen molar-refractivity contribution < 1.29 is 49.4 Å². The number of aliphatic carboxylic acids is 4. The van der Waals surface area contributed by atoms with E-state index in [1.54, 1.807) is 0 Å². The molecule has 0 aromatic heterocycles. The summed E-state index contributed by atoms with van der Waals surface area (Å²) < 4.78 is 4.96. The van der Waals surface area contributed by atoms with Crippen molar-refractivity contribution in [3.63, 3.8) is 0 Å². The summed E-state index contributed by atoms with van der Waals surface area (Å²) in [6.07, 6.45) is -1.55. The summed E-state index contributed by atoms with van der Waals surface area (Å²) in [4.78, 5) is 45.0. The van der Waals surface area contributed by atoms with Crippen molar-refractivity contribution in [2.45, 2.75) is 23.3 Å². The van der Waals surface area contributed by atoms with Crippen LogP contribution in [0.4, 0.5) is 0 Å². The summed E-state index contributed by atoms with van der Waals surface area (Å²) >= 11 is 0. The van der Waals surface area contributed by atoms with Crippen LogP contribution < -0.4 is 4.74 Å². The number of carboxylic acid groups (broad SMARTS) is 4. The molecule has 0 aliphatic heterocycles. The van der Waals surface area contributed by atoms with E-state index in [1.807, 2.05) is 0 Å². The van der Waals surface area contributed by atoms with Crippen molar-refractivity contribution in [1.29, 1.82) is 0 Å². The first kappa shape index (κ1) is 23.3. The minimum Gasteiger partial charge on any atom is -0.504 e. The maximum atomic E-state index is 11.6. The van der Waals surface area contributed by atoms with E-state index in [1.165, 1.54) is 30.7 Å². The molecule has 0 amide bonds. The van der Waals surface area contributed by atoms with E-state index in [0.29, 0.717) is 16.4 Å². The normalized spacial score (nSPS) is 14.0. The fourth-order valence-corrected chi connectivity index (χ4v) is 6.41. The topological polar surface area (TPSA) is 179 Å². The average molecular weight is 434 g/mol. The van der Waals surface area contributed by atoms with Gasteiger partial charge in [-0.05, 0) is 23.1 Å². The molecule has 28 heavy (non-hydrogen) atoms. The first-order valence-electron chi connectivity index (χ1n) is 7.55. The SMILES string of the molecule is COc1cc(C=S(SC(CC(=O)O)C(=O)O)C(CC(=O)O)C(=O)O)ccc1O. The maximum absolute atomic E-state index is 11.6. The molecule has 1 aromatic rings. The highest BCUT2D eigenvalue weighted by atomic mass is 33.1. The Bertz CT molecular complexity index is 805. The molecule has 12 heteroatoms. The van der Waals surface area contributed by atoms with Crippen LogP contribution in [0.1, 0.15) is 18.4 Å². The molecule has 1 aromatic carbocycles. The van der Waals surface area contributed by atoms with E-state index in [0.717, 1.165) is 0 Å². The van der Waals surface area contributed by atoms with Gasteiger partial charge in [-0.1, -0.05) is 16.9 Å². The number of ether oxygens (including phenoxy) is 1. The van der Waals surface area contributed by atoms with Gasteiger partial charge >= 0.3 is 23.9 Å². The van der Waals surface area contributed by atoms with E-state index in [2.05, 4.69) is 0 Å². The minimum atomic E-state index is -1.52. The molecule has 154 valence electrons. The molecule has 0 saturated carbocycles. The number of carbonyl (C=O) groups is 4. The summed E-state index contributed by atoms with van der Waals surface area (Å²) in [6, 6.07) is 4.05. The lowest BCUT2D eigenvalue weighted by atomic mass is 10.2. The Morgan fingerprint density at radius 2 is 1.68 bits per heavy atom. The van der Waals surface area contributed by atoms with E-state index < -0.39 is 56.7 Å². The summed E-state index contributed by atoms with van der Waals surface area (Å²) in [6.45, 7) is 0. The first-order chi connectivity index (χ1) is 13.0. The summed E-state index contributed by atoms with van der Waals surface area (Å²) in [7, 11) is 0.340.